The first-order valence-corrected chi connectivity index (χ1v) is 9.17. The fourth-order valence-electron chi connectivity index (χ4n) is 2.56. The highest BCUT2D eigenvalue weighted by Crippen LogP contribution is 2.26. The van der Waals surface area contributed by atoms with Gasteiger partial charge in [-0.05, 0) is 55.5 Å². The summed E-state index contributed by atoms with van der Waals surface area (Å²) in [6.07, 6.45) is 0. The molecule has 0 atom stereocenters. The van der Waals surface area contributed by atoms with Gasteiger partial charge in [0.2, 0.25) is 5.91 Å². The zero-order valence-electron chi connectivity index (χ0n) is 16.5. The molecule has 3 rings (SSSR count). The van der Waals surface area contributed by atoms with E-state index in [0.29, 0.717) is 18.4 Å². The van der Waals surface area contributed by atoms with Crippen molar-refractivity contribution in [2.75, 3.05) is 19.0 Å². The van der Waals surface area contributed by atoms with Crippen molar-refractivity contribution < 1.29 is 14.3 Å². The minimum absolute atomic E-state index is 0.0222. The van der Waals surface area contributed by atoms with Crippen molar-refractivity contribution >= 4 is 11.6 Å². The number of nitrogens with zero attached hydrogens (tertiary/aromatic N) is 3. The van der Waals surface area contributed by atoms with Gasteiger partial charge in [0.1, 0.15) is 5.75 Å². The van der Waals surface area contributed by atoms with E-state index in [0.717, 1.165) is 22.7 Å². The normalized spacial score (nSPS) is 10.8. The largest absolute Gasteiger partial charge is 0.497 e. The standard InChI is InChI=1S/C21H24N4O3/c1-5-28-21-23-19(15-6-12-18(27-4)13-7-15)25(24-21)17-10-8-16(9-11-17)22-20(26)14(2)3/h6-14H,5H2,1-4H3,(H,22,26). The molecule has 0 fully saturated rings. The van der Waals surface area contributed by atoms with Gasteiger partial charge in [0, 0.05) is 17.2 Å². The second kappa shape index (κ2) is 8.56. The average molecular weight is 380 g/mol. The van der Waals surface area contributed by atoms with Crippen LogP contribution in [0.2, 0.25) is 0 Å². The Morgan fingerprint density at radius 2 is 1.79 bits per heavy atom. The molecule has 1 N–H and O–H groups in total. The van der Waals surface area contributed by atoms with Crippen molar-refractivity contribution in [3.63, 3.8) is 0 Å². The van der Waals surface area contributed by atoms with E-state index in [1.807, 2.05) is 69.3 Å². The van der Waals surface area contributed by atoms with Gasteiger partial charge in [-0.15, -0.1) is 5.10 Å². The number of nitrogens with one attached hydrogen (secondary N) is 1. The van der Waals surface area contributed by atoms with Crippen LogP contribution < -0.4 is 14.8 Å². The van der Waals surface area contributed by atoms with Crippen LogP contribution >= 0.6 is 0 Å². The van der Waals surface area contributed by atoms with E-state index in [9.17, 15) is 4.79 Å². The molecule has 0 unspecified atom stereocenters. The first-order chi connectivity index (χ1) is 13.5. The number of amides is 1. The molecule has 7 heteroatoms. The van der Waals surface area contributed by atoms with Crippen LogP contribution in [-0.4, -0.2) is 34.4 Å². The van der Waals surface area contributed by atoms with E-state index in [4.69, 9.17) is 9.47 Å². The number of hydrogen-bond acceptors (Lipinski definition) is 5. The van der Waals surface area contributed by atoms with Gasteiger partial charge in [-0.2, -0.15) is 4.98 Å². The van der Waals surface area contributed by atoms with Crippen LogP contribution in [-0.2, 0) is 4.79 Å². The molecule has 0 aliphatic carbocycles. The van der Waals surface area contributed by atoms with Gasteiger partial charge in [-0.1, -0.05) is 13.8 Å². The highest BCUT2D eigenvalue weighted by Gasteiger charge is 2.15. The summed E-state index contributed by atoms with van der Waals surface area (Å²) in [5, 5.41) is 7.35. The van der Waals surface area contributed by atoms with Crippen LogP contribution in [0.3, 0.4) is 0 Å². The number of methoxy groups -OCH3 is 1. The molecule has 2 aromatic carbocycles. The molecule has 0 aliphatic heterocycles. The number of anilines is 1. The highest BCUT2D eigenvalue weighted by molar-refractivity contribution is 5.92. The van der Waals surface area contributed by atoms with Crippen LogP contribution in [0.25, 0.3) is 17.1 Å². The van der Waals surface area contributed by atoms with E-state index in [-0.39, 0.29) is 11.8 Å². The summed E-state index contributed by atoms with van der Waals surface area (Å²) in [4.78, 5) is 16.4. The summed E-state index contributed by atoms with van der Waals surface area (Å²) in [7, 11) is 1.63. The molecular weight excluding hydrogens is 356 g/mol. The fourth-order valence-corrected chi connectivity index (χ4v) is 2.56. The summed E-state index contributed by atoms with van der Waals surface area (Å²) in [5.41, 5.74) is 2.43. The number of hydrogen-bond donors (Lipinski definition) is 1. The maximum atomic E-state index is 11.9. The van der Waals surface area contributed by atoms with Crippen molar-refractivity contribution in [3.8, 4) is 28.8 Å². The Labute approximate surface area is 164 Å². The second-order valence-electron chi connectivity index (χ2n) is 6.48. The Balaban J connectivity index is 1.94. The summed E-state index contributed by atoms with van der Waals surface area (Å²) >= 11 is 0. The lowest BCUT2D eigenvalue weighted by Crippen LogP contribution is -2.17. The first-order valence-electron chi connectivity index (χ1n) is 9.17. The Hall–Kier alpha value is -3.35. The monoisotopic (exact) mass is 380 g/mol. The molecule has 1 amide bonds. The minimum Gasteiger partial charge on any atom is -0.497 e. The number of carbonyl (C=O) groups excluding carboxylic acids is 1. The predicted octanol–water partition coefficient (Wildman–Crippen LogP) is 3.94. The van der Waals surface area contributed by atoms with Crippen molar-refractivity contribution in [2.24, 2.45) is 5.92 Å². The van der Waals surface area contributed by atoms with E-state index < -0.39 is 0 Å². The second-order valence-corrected chi connectivity index (χ2v) is 6.48. The summed E-state index contributed by atoms with van der Waals surface area (Å²) < 4.78 is 12.4. The van der Waals surface area contributed by atoms with Gasteiger partial charge in [-0.25, -0.2) is 4.68 Å². The Kier molecular flexibility index (Phi) is 5.93. The SMILES string of the molecule is CCOc1nc(-c2ccc(OC)cc2)n(-c2ccc(NC(=O)C(C)C)cc2)n1. The maximum absolute atomic E-state index is 11.9. The van der Waals surface area contributed by atoms with Crippen molar-refractivity contribution in [1.29, 1.82) is 0 Å². The van der Waals surface area contributed by atoms with Crippen molar-refractivity contribution in [1.82, 2.24) is 14.8 Å². The molecular formula is C21H24N4O3. The average Bonchev–Trinajstić information content (AvgIpc) is 3.12. The van der Waals surface area contributed by atoms with E-state index in [1.165, 1.54) is 0 Å². The minimum atomic E-state index is -0.0783. The van der Waals surface area contributed by atoms with E-state index in [2.05, 4.69) is 15.4 Å². The molecule has 0 radical (unpaired) electrons. The molecule has 3 aromatic rings. The topological polar surface area (TPSA) is 78.3 Å². The van der Waals surface area contributed by atoms with E-state index >= 15 is 0 Å². The molecule has 0 aliphatic rings. The van der Waals surface area contributed by atoms with Gasteiger partial charge in [0.15, 0.2) is 5.82 Å². The van der Waals surface area contributed by atoms with Crippen LogP contribution in [0.5, 0.6) is 11.8 Å². The molecule has 0 saturated heterocycles. The zero-order valence-corrected chi connectivity index (χ0v) is 16.5. The van der Waals surface area contributed by atoms with Gasteiger partial charge < -0.3 is 14.8 Å². The quantitative estimate of drug-likeness (QED) is 0.672. The highest BCUT2D eigenvalue weighted by atomic mass is 16.5. The lowest BCUT2D eigenvalue weighted by molar-refractivity contribution is -0.118. The summed E-state index contributed by atoms with van der Waals surface area (Å²) in [6.45, 7) is 6.08. The third kappa shape index (κ3) is 4.31. The van der Waals surface area contributed by atoms with Crippen molar-refractivity contribution in [2.45, 2.75) is 20.8 Å². The summed E-state index contributed by atoms with van der Waals surface area (Å²) in [5.74, 6) is 1.33. The van der Waals surface area contributed by atoms with Crippen LogP contribution in [0, 0.1) is 5.92 Å². The molecule has 146 valence electrons. The fraction of sp³-hybridized carbons (Fsp3) is 0.286. The van der Waals surface area contributed by atoms with Crippen LogP contribution in [0.4, 0.5) is 5.69 Å². The predicted molar refractivity (Wildman–Crippen MR) is 108 cm³/mol. The number of ether oxygens (including phenoxy) is 2. The molecule has 0 bridgehead atoms. The van der Waals surface area contributed by atoms with Gasteiger partial charge >= 0.3 is 6.01 Å². The smallest absolute Gasteiger partial charge is 0.336 e. The Morgan fingerprint density at radius 1 is 1.11 bits per heavy atom. The molecule has 0 spiro atoms. The lowest BCUT2D eigenvalue weighted by Gasteiger charge is -2.10. The maximum Gasteiger partial charge on any atom is 0.336 e. The molecule has 7 nitrogen and oxygen atoms in total. The van der Waals surface area contributed by atoms with Crippen molar-refractivity contribution in [3.05, 3.63) is 48.5 Å². The van der Waals surface area contributed by atoms with Crippen LogP contribution in [0.1, 0.15) is 20.8 Å². The molecule has 0 saturated carbocycles. The summed E-state index contributed by atoms with van der Waals surface area (Å²) in [6, 6.07) is 15.4. The third-order valence-electron chi connectivity index (χ3n) is 4.11. The van der Waals surface area contributed by atoms with E-state index in [1.54, 1.807) is 11.8 Å². The molecule has 28 heavy (non-hydrogen) atoms. The van der Waals surface area contributed by atoms with Gasteiger partial charge in [-0.3, -0.25) is 4.79 Å². The number of benzene rings is 2. The number of aromatic nitrogens is 3. The molecule has 1 heterocycles. The lowest BCUT2D eigenvalue weighted by atomic mass is 10.2. The number of rotatable bonds is 7. The van der Waals surface area contributed by atoms with Gasteiger partial charge in [0.25, 0.3) is 0 Å². The zero-order chi connectivity index (χ0) is 20.1. The Bertz CT molecular complexity index is 931. The first kappa shape index (κ1) is 19.4. The van der Waals surface area contributed by atoms with Crippen LogP contribution in [0.15, 0.2) is 48.5 Å². The Morgan fingerprint density at radius 3 is 2.36 bits per heavy atom. The van der Waals surface area contributed by atoms with Gasteiger partial charge in [0.05, 0.1) is 19.4 Å². The third-order valence-corrected chi connectivity index (χ3v) is 4.11. The molecule has 1 aromatic heterocycles. The number of carbonyl (C=O) groups is 1.